The topological polar surface area (TPSA) is 0 Å². The number of halogens is 2. The second kappa shape index (κ2) is 4.23. The van der Waals surface area contributed by atoms with Crippen molar-refractivity contribution in [3.63, 3.8) is 0 Å². The lowest BCUT2D eigenvalue weighted by Crippen LogP contribution is -2.20. The van der Waals surface area contributed by atoms with E-state index >= 15 is 0 Å². The Kier molecular flexibility index (Phi) is 3.21. The van der Waals surface area contributed by atoms with Gasteiger partial charge in [-0.3, -0.25) is 0 Å². The molecule has 0 aliphatic heterocycles. The Hall–Kier alpha value is 0.320. The predicted molar refractivity (Wildman–Crippen MR) is 58.3 cm³/mol. The van der Waals surface area contributed by atoms with Crippen LogP contribution in [0.1, 0.15) is 44.9 Å². The van der Waals surface area contributed by atoms with Gasteiger partial charge in [-0.05, 0) is 44.9 Å². The zero-order valence-electron chi connectivity index (χ0n) is 7.86. The SMILES string of the molecule is ClC(Cl)C1CCCC2=C1CCCC2. The molecule has 13 heavy (non-hydrogen) atoms. The molecule has 2 rings (SSSR count). The third-order valence-corrected chi connectivity index (χ3v) is 3.98. The molecular weight excluding hydrogens is 203 g/mol. The van der Waals surface area contributed by atoms with Gasteiger partial charge in [0.25, 0.3) is 0 Å². The minimum Gasteiger partial charge on any atom is -0.105 e. The van der Waals surface area contributed by atoms with Crippen LogP contribution in [0.5, 0.6) is 0 Å². The van der Waals surface area contributed by atoms with Gasteiger partial charge in [-0.2, -0.15) is 0 Å². The van der Waals surface area contributed by atoms with Gasteiger partial charge in [0.15, 0.2) is 0 Å². The first-order valence-electron chi connectivity index (χ1n) is 5.28. The summed E-state index contributed by atoms with van der Waals surface area (Å²) in [5, 5.41) is 0. The molecule has 74 valence electrons. The smallest absolute Gasteiger partial charge is 0.105 e. The van der Waals surface area contributed by atoms with Crippen LogP contribution in [0.2, 0.25) is 0 Å². The van der Waals surface area contributed by atoms with Gasteiger partial charge in [-0.1, -0.05) is 11.1 Å². The standard InChI is InChI=1S/C11H16Cl2/c12-11(13)10-7-3-5-8-4-1-2-6-9(8)10/h10-11H,1-7H2. The summed E-state index contributed by atoms with van der Waals surface area (Å²) < 4.78 is 0. The number of rotatable bonds is 1. The highest BCUT2D eigenvalue weighted by molar-refractivity contribution is 6.44. The van der Waals surface area contributed by atoms with Crippen molar-refractivity contribution in [3.8, 4) is 0 Å². The Balaban J connectivity index is 2.20. The molecule has 0 aromatic heterocycles. The van der Waals surface area contributed by atoms with E-state index in [4.69, 9.17) is 23.2 Å². The molecule has 0 saturated heterocycles. The molecule has 0 N–H and O–H groups in total. The lowest BCUT2D eigenvalue weighted by atomic mass is 9.76. The lowest BCUT2D eigenvalue weighted by Gasteiger charge is -2.32. The van der Waals surface area contributed by atoms with Gasteiger partial charge in [0.1, 0.15) is 4.84 Å². The van der Waals surface area contributed by atoms with Crippen molar-refractivity contribution in [3.05, 3.63) is 11.1 Å². The van der Waals surface area contributed by atoms with Crippen molar-refractivity contribution >= 4 is 23.2 Å². The molecule has 0 radical (unpaired) electrons. The average Bonchev–Trinajstić information content (AvgIpc) is 2.17. The minimum atomic E-state index is -0.177. The van der Waals surface area contributed by atoms with E-state index in [1.807, 2.05) is 0 Å². The molecule has 0 spiro atoms. The fourth-order valence-corrected chi connectivity index (χ4v) is 3.27. The number of alkyl halides is 2. The second-order valence-electron chi connectivity index (χ2n) is 4.17. The Morgan fingerprint density at radius 1 is 1.00 bits per heavy atom. The van der Waals surface area contributed by atoms with E-state index in [2.05, 4.69) is 0 Å². The van der Waals surface area contributed by atoms with Crippen LogP contribution in [-0.2, 0) is 0 Å². The Morgan fingerprint density at radius 2 is 1.69 bits per heavy atom. The zero-order valence-corrected chi connectivity index (χ0v) is 9.37. The Bertz CT molecular complexity index is 214. The molecule has 0 aromatic carbocycles. The molecule has 2 aliphatic carbocycles. The van der Waals surface area contributed by atoms with E-state index in [1.165, 1.54) is 44.9 Å². The summed E-state index contributed by atoms with van der Waals surface area (Å²) in [6.07, 6.45) is 9.10. The largest absolute Gasteiger partial charge is 0.114 e. The molecule has 1 atom stereocenters. The third-order valence-electron chi connectivity index (χ3n) is 3.37. The molecule has 0 fully saturated rings. The van der Waals surface area contributed by atoms with Gasteiger partial charge in [-0.25, -0.2) is 0 Å². The van der Waals surface area contributed by atoms with E-state index in [-0.39, 0.29) is 4.84 Å². The first-order valence-corrected chi connectivity index (χ1v) is 6.15. The Labute approximate surface area is 90.3 Å². The van der Waals surface area contributed by atoms with Gasteiger partial charge >= 0.3 is 0 Å². The van der Waals surface area contributed by atoms with Crippen LogP contribution in [0, 0.1) is 5.92 Å². The average molecular weight is 219 g/mol. The first-order chi connectivity index (χ1) is 6.29. The predicted octanol–water partition coefficient (Wildman–Crippen LogP) is 4.46. The van der Waals surface area contributed by atoms with Crippen molar-refractivity contribution in [1.29, 1.82) is 0 Å². The summed E-state index contributed by atoms with van der Waals surface area (Å²) in [6, 6.07) is 0. The summed E-state index contributed by atoms with van der Waals surface area (Å²) in [4.78, 5) is -0.177. The summed E-state index contributed by atoms with van der Waals surface area (Å²) in [7, 11) is 0. The van der Waals surface area contributed by atoms with Crippen LogP contribution in [0.4, 0.5) is 0 Å². The van der Waals surface area contributed by atoms with Gasteiger partial charge in [-0.15, -0.1) is 23.2 Å². The van der Waals surface area contributed by atoms with E-state index < -0.39 is 0 Å². The highest BCUT2D eigenvalue weighted by Crippen LogP contribution is 2.42. The second-order valence-corrected chi connectivity index (χ2v) is 5.33. The molecule has 0 bridgehead atoms. The summed E-state index contributed by atoms with van der Waals surface area (Å²) >= 11 is 12.0. The van der Waals surface area contributed by atoms with Crippen LogP contribution in [0.15, 0.2) is 11.1 Å². The van der Waals surface area contributed by atoms with Crippen molar-refractivity contribution in [2.75, 3.05) is 0 Å². The van der Waals surface area contributed by atoms with Gasteiger partial charge in [0, 0.05) is 5.92 Å². The molecule has 1 unspecified atom stereocenters. The molecule has 0 nitrogen and oxygen atoms in total. The van der Waals surface area contributed by atoms with Gasteiger partial charge in [0.2, 0.25) is 0 Å². The molecule has 0 aromatic rings. The highest BCUT2D eigenvalue weighted by Gasteiger charge is 2.28. The summed E-state index contributed by atoms with van der Waals surface area (Å²) in [5.41, 5.74) is 3.31. The lowest BCUT2D eigenvalue weighted by molar-refractivity contribution is 0.462. The maximum absolute atomic E-state index is 6.01. The first kappa shape index (κ1) is 9.86. The van der Waals surface area contributed by atoms with Crippen molar-refractivity contribution in [1.82, 2.24) is 0 Å². The van der Waals surface area contributed by atoms with Crippen LogP contribution in [0.3, 0.4) is 0 Å². The molecule has 2 aliphatic rings. The number of hydrogen-bond donors (Lipinski definition) is 0. The highest BCUT2D eigenvalue weighted by atomic mass is 35.5. The molecule has 0 amide bonds. The molecule has 2 heteroatoms. The maximum Gasteiger partial charge on any atom is 0.114 e. The normalized spacial score (nSPS) is 29.3. The van der Waals surface area contributed by atoms with Gasteiger partial charge < -0.3 is 0 Å². The van der Waals surface area contributed by atoms with E-state index in [0.29, 0.717) is 5.92 Å². The fourth-order valence-electron chi connectivity index (χ4n) is 2.71. The van der Waals surface area contributed by atoms with Crippen LogP contribution < -0.4 is 0 Å². The van der Waals surface area contributed by atoms with E-state index in [9.17, 15) is 0 Å². The van der Waals surface area contributed by atoms with E-state index in [1.54, 1.807) is 11.1 Å². The fraction of sp³-hybridized carbons (Fsp3) is 0.818. The van der Waals surface area contributed by atoms with Crippen LogP contribution in [-0.4, -0.2) is 4.84 Å². The zero-order chi connectivity index (χ0) is 9.26. The summed E-state index contributed by atoms with van der Waals surface area (Å²) in [6.45, 7) is 0. The molecular formula is C11H16Cl2. The summed E-state index contributed by atoms with van der Waals surface area (Å²) in [5.74, 6) is 0.479. The van der Waals surface area contributed by atoms with E-state index in [0.717, 1.165) is 0 Å². The van der Waals surface area contributed by atoms with Crippen molar-refractivity contribution < 1.29 is 0 Å². The minimum absolute atomic E-state index is 0.177. The van der Waals surface area contributed by atoms with Crippen molar-refractivity contribution in [2.24, 2.45) is 5.92 Å². The molecule has 0 saturated carbocycles. The van der Waals surface area contributed by atoms with Crippen molar-refractivity contribution in [2.45, 2.75) is 49.8 Å². The quantitative estimate of drug-likeness (QED) is 0.451. The van der Waals surface area contributed by atoms with Crippen LogP contribution >= 0.6 is 23.2 Å². The molecule has 0 heterocycles. The Morgan fingerprint density at radius 3 is 2.46 bits per heavy atom. The number of hydrogen-bond acceptors (Lipinski definition) is 0. The maximum atomic E-state index is 6.01. The van der Waals surface area contributed by atoms with Gasteiger partial charge in [0.05, 0.1) is 0 Å². The number of allylic oxidation sites excluding steroid dienone is 2. The third kappa shape index (κ3) is 2.05. The van der Waals surface area contributed by atoms with Crippen LogP contribution in [0.25, 0.3) is 0 Å². The monoisotopic (exact) mass is 218 g/mol.